The number of aliphatic hydroxyl groups is 1. The van der Waals surface area contributed by atoms with E-state index in [4.69, 9.17) is 0 Å². The number of amides is 1. The highest BCUT2D eigenvalue weighted by Crippen LogP contribution is 2.40. The van der Waals surface area contributed by atoms with Crippen LogP contribution in [0.2, 0.25) is 0 Å². The first kappa shape index (κ1) is 21.6. The van der Waals surface area contributed by atoms with Crippen molar-refractivity contribution in [1.29, 1.82) is 0 Å². The van der Waals surface area contributed by atoms with Gasteiger partial charge < -0.3 is 25.0 Å². The van der Waals surface area contributed by atoms with E-state index in [2.05, 4.69) is 9.88 Å². The summed E-state index contributed by atoms with van der Waals surface area (Å²) < 4.78 is 0. The molecule has 2 heterocycles. The number of likely N-dealkylation sites (N-methyl/N-ethyl adjacent to an activating group) is 1. The van der Waals surface area contributed by atoms with Gasteiger partial charge in [0.25, 0.3) is 11.7 Å². The van der Waals surface area contributed by atoms with Crippen LogP contribution >= 0.6 is 0 Å². The minimum Gasteiger partial charge on any atom is -0.508 e. The molecular weight excluding hydrogens is 406 g/mol. The van der Waals surface area contributed by atoms with Crippen LogP contribution in [0.25, 0.3) is 16.7 Å². The number of para-hydroxylation sites is 1. The van der Waals surface area contributed by atoms with E-state index in [-0.39, 0.29) is 17.1 Å². The minimum absolute atomic E-state index is 0.0602. The van der Waals surface area contributed by atoms with Crippen molar-refractivity contribution in [2.75, 3.05) is 26.2 Å². The van der Waals surface area contributed by atoms with Gasteiger partial charge in [-0.05, 0) is 36.9 Å². The monoisotopic (exact) mass is 433 g/mol. The quantitative estimate of drug-likeness (QED) is 0.300. The van der Waals surface area contributed by atoms with E-state index < -0.39 is 17.7 Å². The van der Waals surface area contributed by atoms with Gasteiger partial charge in [-0.1, -0.05) is 44.2 Å². The molecule has 1 aromatic heterocycles. The summed E-state index contributed by atoms with van der Waals surface area (Å²) in [6.07, 6.45) is 1.65. The number of carbonyl (C=O) groups is 2. The second kappa shape index (κ2) is 8.88. The predicted molar refractivity (Wildman–Crippen MR) is 123 cm³/mol. The molecule has 1 fully saturated rings. The number of ketones is 1. The zero-order chi connectivity index (χ0) is 22.8. The summed E-state index contributed by atoms with van der Waals surface area (Å²) in [6.45, 7) is 6.72. The maximum absolute atomic E-state index is 13.1. The van der Waals surface area contributed by atoms with E-state index in [1.165, 1.54) is 17.0 Å². The van der Waals surface area contributed by atoms with Gasteiger partial charge in [-0.15, -0.1) is 0 Å². The van der Waals surface area contributed by atoms with Crippen molar-refractivity contribution in [2.45, 2.75) is 19.9 Å². The second-order valence-electron chi connectivity index (χ2n) is 7.86. The number of H-pyrrole nitrogens is 1. The third-order valence-electron chi connectivity index (χ3n) is 6.14. The number of rotatable bonds is 7. The zero-order valence-electron chi connectivity index (χ0n) is 18.2. The lowest BCUT2D eigenvalue weighted by Crippen LogP contribution is -2.38. The summed E-state index contributed by atoms with van der Waals surface area (Å²) in [5, 5.41) is 21.8. The minimum atomic E-state index is -0.736. The number of aliphatic hydroxyl groups excluding tert-OH is 1. The third-order valence-corrected chi connectivity index (χ3v) is 6.14. The van der Waals surface area contributed by atoms with Gasteiger partial charge >= 0.3 is 0 Å². The van der Waals surface area contributed by atoms with Gasteiger partial charge in [-0.25, -0.2) is 0 Å². The molecule has 4 rings (SSSR count). The number of aromatic hydroxyl groups is 1. The second-order valence-corrected chi connectivity index (χ2v) is 7.86. The summed E-state index contributed by atoms with van der Waals surface area (Å²) in [4.78, 5) is 33.0. The maximum atomic E-state index is 13.1. The fourth-order valence-electron chi connectivity index (χ4n) is 4.32. The van der Waals surface area contributed by atoms with E-state index in [1.807, 2.05) is 38.1 Å². The molecule has 3 N–H and O–H groups in total. The molecule has 2 aromatic carbocycles. The van der Waals surface area contributed by atoms with Crippen molar-refractivity contribution in [3.63, 3.8) is 0 Å². The number of aromatic amines is 1. The molecule has 7 heteroatoms. The zero-order valence-corrected chi connectivity index (χ0v) is 18.2. The Bertz CT molecular complexity index is 1180. The molecule has 0 aliphatic carbocycles. The summed E-state index contributed by atoms with van der Waals surface area (Å²) in [6, 6.07) is 13.1. The van der Waals surface area contributed by atoms with Crippen LogP contribution < -0.4 is 0 Å². The predicted octanol–water partition coefficient (Wildman–Crippen LogP) is 3.64. The molecule has 1 aliphatic rings. The van der Waals surface area contributed by atoms with Crippen LogP contribution in [-0.2, 0) is 9.59 Å². The number of phenols is 1. The number of hydrogen-bond donors (Lipinski definition) is 3. The van der Waals surface area contributed by atoms with Crippen LogP contribution in [0.15, 0.2) is 60.3 Å². The number of likely N-dealkylation sites (tertiary alicyclic amines) is 1. The van der Waals surface area contributed by atoms with Crippen LogP contribution in [0.3, 0.4) is 0 Å². The van der Waals surface area contributed by atoms with E-state index >= 15 is 0 Å². The molecule has 1 amide bonds. The molecule has 0 radical (unpaired) electrons. The molecule has 1 unspecified atom stereocenters. The summed E-state index contributed by atoms with van der Waals surface area (Å²) in [5.41, 5.74) is 2.02. The van der Waals surface area contributed by atoms with E-state index in [0.717, 1.165) is 24.0 Å². The molecular formula is C25H27N3O4. The SMILES string of the molecule is CCN(CC)CCN1C(=O)C(=O)/C(=C(\O)c2c[nH]c3ccccc23)C1c1ccc(O)cc1. The highest BCUT2D eigenvalue weighted by Gasteiger charge is 2.46. The van der Waals surface area contributed by atoms with E-state index in [1.54, 1.807) is 18.3 Å². The highest BCUT2D eigenvalue weighted by molar-refractivity contribution is 6.46. The first-order valence-corrected chi connectivity index (χ1v) is 10.8. The van der Waals surface area contributed by atoms with E-state index in [0.29, 0.717) is 24.2 Å². The fraction of sp³-hybridized carbons (Fsp3) is 0.280. The largest absolute Gasteiger partial charge is 0.508 e. The average molecular weight is 434 g/mol. The van der Waals surface area contributed by atoms with Crippen LogP contribution in [0.5, 0.6) is 5.75 Å². The Labute approximate surface area is 186 Å². The Kier molecular flexibility index (Phi) is 6.01. The van der Waals surface area contributed by atoms with Crippen LogP contribution in [0.4, 0.5) is 0 Å². The first-order chi connectivity index (χ1) is 15.5. The van der Waals surface area contributed by atoms with Gasteiger partial charge in [-0.3, -0.25) is 9.59 Å². The topological polar surface area (TPSA) is 96.9 Å². The molecule has 1 atom stereocenters. The van der Waals surface area contributed by atoms with Crippen LogP contribution in [-0.4, -0.2) is 62.9 Å². The molecule has 3 aromatic rings. The van der Waals surface area contributed by atoms with Crippen LogP contribution in [0, 0.1) is 0 Å². The summed E-state index contributed by atoms with van der Waals surface area (Å²) >= 11 is 0. The Morgan fingerprint density at radius 2 is 1.75 bits per heavy atom. The number of Topliss-reactive ketones (excluding diaryl/α,β-unsaturated/α-hetero) is 1. The van der Waals surface area contributed by atoms with Crippen molar-refractivity contribution in [3.05, 3.63) is 71.4 Å². The lowest BCUT2D eigenvalue weighted by Gasteiger charge is -2.28. The van der Waals surface area contributed by atoms with Crippen molar-refractivity contribution < 1.29 is 19.8 Å². The Hall–Kier alpha value is -3.58. The van der Waals surface area contributed by atoms with Gasteiger partial charge in [0.2, 0.25) is 0 Å². The third kappa shape index (κ3) is 3.76. The number of carbonyl (C=O) groups excluding carboxylic acids is 2. The van der Waals surface area contributed by atoms with Crippen molar-refractivity contribution in [2.24, 2.45) is 0 Å². The Morgan fingerprint density at radius 3 is 2.44 bits per heavy atom. The lowest BCUT2D eigenvalue weighted by molar-refractivity contribution is -0.140. The molecule has 166 valence electrons. The molecule has 0 saturated carbocycles. The summed E-state index contributed by atoms with van der Waals surface area (Å²) in [7, 11) is 0. The molecule has 7 nitrogen and oxygen atoms in total. The Morgan fingerprint density at radius 1 is 1.06 bits per heavy atom. The van der Waals surface area contributed by atoms with Crippen molar-refractivity contribution in [1.82, 2.24) is 14.8 Å². The van der Waals surface area contributed by atoms with Crippen molar-refractivity contribution >= 4 is 28.4 Å². The highest BCUT2D eigenvalue weighted by atomic mass is 16.3. The molecule has 0 bridgehead atoms. The average Bonchev–Trinajstić information content (AvgIpc) is 3.34. The van der Waals surface area contributed by atoms with Gasteiger partial charge in [0.15, 0.2) is 0 Å². The van der Waals surface area contributed by atoms with Crippen molar-refractivity contribution in [3.8, 4) is 5.75 Å². The van der Waals surface area contributed by atoms with E-state index in [9.17, 15) is 19.8 Å². The number of nitrogens with zero attached hydrogens (tertiary/aromatic N) is 2. The number of nitrogens with one attached hydrogen (secondary N) is 1. The smallest absolute Gasteiger partial charge is 0.295 e. The van der Waals surface area contributed by atoms with Gasteiger partial charge in [0, 0.05) is 35.8 Å². The number of fused-ring (bicyclic) bond motifs is 1. The molecule has 1 saturated heterocycles. The number of aromatic nitrogens is 1. The fourth-order valence-corrected chi connectivity index (χ4v) is 4.32. The molecule has 1 aliphatic heterocycles. The Balaban J connectivity index is 1.83. The normalized spacial score (nSPS) is 18.2. The molecule has 32 heavy (non-hydrogen) atoms. The maximum Gasteiger partial charge on any atom is 0.295 e. The molecule has 0 spiro atoms. The number of phenolic OH excluding ortho intramolecular Hbond substituents is 1. The number of benzene rings is 2. The summed E-state index contributed by atoms with van der Waals surface area (Å²) in [5.74, 6) is -1.45. The number of hydrogen-bond acceptors (Lipinski definition) is 5. The standard InChI is InChI=1S/C25H27N3O4/c1-3-27(4-2)13-14-28-22(16-9-11-17(29)12-10-16)21(24(31)25(28)32)23(30)19-15-26-20-8-6-5-7-18(19)20/h5-12,15,22,26,29-30H,3-4,13-14H2,1-2H3/b23-21-. The first-order valence-electron chi connectivity index (χ1n) is 10.8. The van der Waals surface area contributed by atoms with Crippen LogP contribution in [0.1, 0.15) is 31.0 Å². The van der Waals surface area contributed by atoms with Gasteiger partial charge in [-0.2, -0.15) is 0 Å². The van der Waals surface area contributed by atoms with Gasteiger partial charge in [0.1, 0.15) is 11.5 Å². The van der Waals surface area contributed by atoms with Gasteiger partial charge in [0.05, 0.1) is 11.6 Å². The lowest BCUT2D eigenvalue weighted by atomic mass is 9.95.